The Balaban J connectivity index is 1.80. The zero-order valence-corrected chi connectivity index (χ0v) is 27.4. The minimum Gasteiger partial charge on any atom is -0.480 e. The fraction of sp³-hybridized carbons (Fsp3) is 0.828. The lowest BCUT2D eigenvalue weighted by atomic mass is 10.0. The minimum absolute atomic E-state index is 0.0251. The van der Waals surface area contributed by atoms with Gasteiger partial charge in [0.1, 0.15) is 13.9 Å². The van der Waals surface area contributed by atoms with E-state index in [0.717, 1.165) is 6.42 Å². The maximum Gasteiger partial charge on any atom is 0.320 e. The first-order valence-electron chi connectivity index (χ1n) is 16.1. The van der Waals surface area contributed by atoms with Crippen LogP contribution in [0.4, 0.5) is 0 Å². The molecule has 0 spiro atoms. The molecule has 2 saturated heterocycles. The normalized spacial score (nSPS) is 21.1. The van der Waals surface area contributed by atoms with Crippen LogP contribution >= 0.6 is 0 Å². The number of nitrogens with zero attached hydrogens (tertiary/aromatic N) is 4. The average Bonchev–Trinajstić information content (AvgIpc) is 3.71. The second kappa shape index (κ2) is 23.4. The van der Waals surface area contributed by atoms with E-state index in [1.807, 2.05) is 0 Å². The molecule has 0 saturated carbocycles. The van der Waals surface area contributed by atoms with E-state index >= 15 is 0 Å². The smallest absolute Gasteiger partial charge is 0.320 e. The topological polar surface area (TPSA) is 231 Å². The summed E-state index contributed by atoms with van der Waals surface area (Å²) in [6.45, 7) is 3.10. The van der Waals surface area contributed by atoms with Gasteiger partial charge in [0.25, 0.3) is 0 Å². The summed E-state index contributed by atoms with van der Waals surface area (Å²) in [5, 5.41) is 40.9. The van der Waals surface area contributed by atoms with Crippen LogP contribution in [-0.4, -0.2) is 214 Å². The lowest BCUT2D eigenvalue weighted by Crippen LogP contribution is -2.52. The van der Waals surface area contributed by atoms with Gasteiger partial charge >= 0.3 is 23.9 Å². The van der Waals surface area contributed by atoms with Crippen molar-refractivity contribution in [3.8, 4) is 0 Å². The molecule has 48 heavy (non-hydrogen) atoms. The number of ether oxygens (including phenoxy) is 4. The molecule has 0 aromatic heterocycles. The molecule has 0 aliphatic carbocycles. The molecule has 2 heterocycles. The highest BCUT2D eigenvalue weighted by Crippen LogP contribution is 2.21. The summed E-state index contributed by atoms with van der Waals surface area (Å²) in [5.74, 6) is -4.75. The van der Waals surface area contributed by atoms with Crippen LogP contribution in [0.2, 0.25) is 0 Å². The third-order valence-corrected chi connectivity index (χ3v) is 7.80. The zero-order chi connectivity index (χ0) is 35.3. The third kappa shape index (κ3) is 19.2. The van der Waals surface area contributed by atoms with E-state index in [4.69, 9.17) is 26.8 Å². The molecule has 272 valence electrons. The SMILES string of the molecule is [B]C1OC1CCOCCOCCOCCNC(=O)CCC(C(=O)O)N1CCN(CC(=O)O)CCN(CC(=O)O)CCN(CC(=O)O)CC1. The van der Waals surface area contributed by atoms with Crippen molar-refractivity contribution in [1.82, 2.24) is 24.9 Å². The van der Waals surface area contributed by atoms with Gasteiger partial charge < -0.3 is 44.7 Å². The number of rotatable bonds is 23. The van der Waals surface area contributed by atoms with Crippen LogP contribution in [0.25, 0.3) is 0 Å². The number of carboxylic acids is 4. The molecule has 18 nitrogen and oxygen atoms in total. The summed E-state index contributed by atoms with van der Waals surface area (Å²) >= 11 is 0. The molecule has 3 atom stereocenters. The second-order valence-corrected chi connectivity index (χ2v) is 11.6. The second-order valence-electron chi connectivity index (χ2n) is 11.6. The molecule has 2 fully saturated rings. The Bertz CT molecular complexity index is 981. The highest BCUT2D eigenvalue weighted by molar-refractivity contribution is 6.13. The van der Waals surface area contributed by atoms with Crippen molar-refractivity contribution in [3.05, 3.63) is 0 Å². The molecule has 3 unspecified atom stereocenters. The maximum absolute atomic E-state index is 12.5. The van der Waals surface area contributed by atoms with Gasteiger partial charge in [-0.3, -0.25) is 43.6 Å². The van der Waals surface area contributed by atoms with Crippen molar-refractivity contribution >= 4 is 37.6 Å². The molecule has 2 aliphatic rings. The quantitative estimate of drug-likeness (QED) is 0.0413. The number of hydrogen-bond donors (Lipinski definition) is 5. The first-order valence-corrected chi connectivity index (χ1v) is 16.1. The van der Waals surface area contributed by atoms with Gasteiger partial charge in [-0.05, 0) is 12.8 Å². The van der Waals surface area contributed by atoms with E-state index in [1.54, 1.807) is 19.6 Å². The standard InChI is InChI=1S/C29H50BN5O13/c30-28-23(48-28)3-13-45-15-17-47-18-16-46-14-4-31-24(36)2-1-22(29(43)44)35-11-9-33(20-26(39)40)7-5-32(19-25(37)38)6-8-34(10-12-35)21-27(41)42/h22-23,28H,1-21H2,(H,31,36)(H,37,38)(H,39,40)(H,41,42)(H,43,44). The number of hydrogen-bond acceptors (Lipinski definition) is 13. The van der Waals surface area contributed by atoms with Crippen molar-refractivity contribution in [1.29, 1.82) is 0 Å². The molecular formula is C29H50BN5O13. The Hall–Kier alpha value is -2.91. The van der Waals surface area contributed by atoms with Gasteiger partial charge in [-0.15, -0.1) is 0 Å². The van der Waals surface area contributed by atoms with E-state index in [-0.39, 0.29) is 116 Å². The molecule has 2 rings (SSSR count). The largest absolute Gasteiger partial charge is 0.480 e. The van der Waals surface area contributed by atoms with Crippen LogP contribution in [-0.2, 0) is 42.9 Å². The van der Waals surface area contributed by atoms with Crippen LogP contribution in [0.1, 0.15) is 19.3 Å². The van der Waals surface area contributed by atoms with Crippen molar-refractivity contribution in [2.75, 3.05) is 118 Å². The summed E-state index contributed by atoms with van der Waals surface area (Å²) < 4.78 is 21.4. The zero-order valence-electron chi connectivity index (χ0n) is 27.4. The van der Waals surface area contributed by atoms with Crippen molar-refractivity contribution in [3.63, 3.8) is 0 Å². The number of aliphatic carboxylic acids is 4. The predicted molar refractivity (Wildman–Crippen MR) is 169 cm³/mol. The fourth-order valence-corrected chi connectivity index (χ4v) is 5.12. The number of nitrogens with one attached hydrogen (secondary N) is 1. The molecule has 5 N–H and O–H groups in total. The molecular weight excluding hydrogens is 637 g/mol. The number of epoxide rings is 1. The summed E-state index contributed by atoms with van der Waals surface area (Å²) in [5.41, 5.74) is 0. The number of amides is 1. The van der Waals surface area contributed by atoms with Gasteiger partial charge in [0.05, 0.1) is 58.8 Å². The van der Waals surface area contributed by atoms with Gasteiger partial charge in [0.15, 0.2) is 0 Å². The first kappa shape index (κ1) is 41.3. The number of carbonyl (C=O) groups excluding carboxylic acids is 1. The van der Waals surface area contributed by atoms with Crippen LogP contribution in [0.5, 0.6) is 0 Å². The summed E-state index contributed by atoms with van der Waals surface area (Å²) in [6, 6.07) is -1.26. The summed E-state index contributed by atoms with van der Waals surface area (Å²) in [6.07, 6.45) is 0.731. The van der Waals surface area contributed by atoms with Crippen LogP contribution < -0.4 is 5.32 Å². The van der Waals surface area contributed by atoms with Gasteiger partial charge in [0.2, 0.25) is 5.91 Å². The highest BCUT2D eigenvalue weighted by atomic mass is 16.6. The molecule has 1 amide bonds. The Morgan fingerprint density at radius 3 is 1.52 bits per heavy atom. The Morgan fingerprint density at radius 1 is 0.688 bits per heavy atom. The van der Waals surface area contributed by atoms with E-state index < -0.39 is 29.9 Å². The van der Waals surface area contributed by atoms with Crippen LogP contribution in [0, 0.1) is 0 Å². The maximum atomic E-state index is 12.5. The van der Waals surface area contributed by atoms with Crippen LogP contribution in [0.15, 0.2) is 0 Å². The predicted octanol–water partition coefficient (Wildman–Crippen LogP) is -2.86. The first-order chi connectivity index (χ1) is 22.9. The Morgan fingerprint density at radius 2 is 1.10 bits per heavy atom. The molecule has 2 aliphatic heterocycles. The molecule has 0 bridgehead atoms. The van der Waals surface area contributed by atoms with Crippen LogP contribution in [0.3, 0.4) is 0 Å². The van der Waals surface area contributed by atoms with Gasteiger partial charge in [-0.2, -0.15) is 0 Å². The number of carbonyl (C=O) groups is 5. The van der Waals surface area contributed by atoms with E-state index in [2.05, 4.69) is 5.32 Å². The van der Waals surface area contributed by atoms with Gasteiger partial charge in [0, 0.05) is 77.9 Å². The van der Waals surface area contributed by atoms with E-state index in [0.29, 0.717) is 33.0 Å². The summed E-state index contributed by atoms with van der Waals surface area (Å²) in [7, 11) is 5.54. The average molecular weight is 688 g/mol. The highest BCUT2D eigenvalue weighted by Gasteiger charge is 2.32. The van der Waals surface area contributed by atoms with E-state index in [9.17, 15) is 44.4 Å². The number of carboxylic acid groups (broad SMARTS) is 4. The molecule has 19 heteroatoms. The Labute approximate surface area is 281 Å². The molecule has 2 radical (unpaired) electrons. The minimum atomic E-state index is -1.16. The third-order valence-electron chi connectivity index (χ3n) is 7.80. The molecule has 0 aromatic carbocycles. The monoisotopic (exact) mass is 687 g/mol. The lowest BCUT2D eigenvalue weighted by molar-refractivity contribution is -0.145. The fourth-order valence-electron chi connectivity index (χ4n) is 5.12. The van der Waals surface area contributed by atoms with Gasteiger partial charge in [-0.1, -0.05) is 0 Å². The molecule has 0 aromatic rings. The van der Waals surface area contributed by atoms with Crippen molar-refractivity contribution in [2.45, 2.75) is 37.4 Å². The van der Waals surface area contributed by atoms with Crippen molar-refractivity contribution < 1.29 is 63.3 Å². The van der Waals surface area contributed by atoms with Crippen molar-refractivity contribution in [2.24, 2.45) is 0 Å². The Kier molecular flexibility index (Phi) is 20.2. The van der Waals surface area contributed by atoms with Gasteiger partial charge in [-0.25, -0.2) is 0 Å². The van der Waals surface area contributed by atoms with E-state index in [1.165, 1.54) is 0 Å². The lowest BCUT2D eigenvalue weighted by Gasteiger charge is -2.35. The summed E-state index contributed by atoms with van der Waals surface area (Å²) in [4.78, 5) is 65.7.